The molecule has 5 aromatic rings. The molecule has 2 bridgehead atoms. The van der Waals surface area contributed by atoms with Crippen molar-refractivity contribution in [3.8, 4) is 0 Å². The molecule has 1 aliphatic carbocycles. The molecule has 6 atom stereocenters. The number of nitrogens with zero attached hydrogens (tertiary/aromatic N) is 11. The second kappa shape index (κ2) is 26.4. The number of aliphatic imine (C=N–C) groups is 4. The van der Waals surface area contributed by atoms with Crippen molar-refractivity contribution in [1.29, 1.82) is 0 Å². The van der Waals surface area contributed by atoms with E-state index in [1.165, 1.54) is 16.1 Å². The Morgan fingerprint density at radius 1 is 0.625 bits per heavy atom. The monoisotopic (exact) mass is 1300 g/mol. The highest BCUT2D eigenvalue weighted by Gasteiger charge is 2.54. The molecule has 4 fully saturated rings. The van der Waals surface area contributed by atoms with Crippen LogP contribution < -0.4 is 10.0 Å². The number of thioether (sulfide) groups is 1. The van der Waals surface area contributed by atoms with Crippen LogP contribution in [0.4, 0.5) is 0 Å². The topological polar surface area (TPSA) is 288 Å². The third kappa shape index (κ3) is 14.3. The first-order valence-corrected chi connectivity index (χ1v) is 36.4. The third-order valence-corrected chi connectivity index (χ3v) is 25.3. The molecule has 7 aliphatic heterocycles. The summed E-state index contributed by atoms with van der Waals surface area (Å²) in [7, 11) is -14.3. The van der Waals surface area contributed by atoms with Crippen LogP contribution in [0, 0.1) is 10.8 Å². The second-order valence-electron chi connectivity index (χ2n) is 24.7. The lowest BCUT2D eigenvalue weighted by atomic mass is 9.65. The van der Waals surface area contributed by atoms with Crippen LogP contribution in [0.3, 0.4) is 0 Å². The quantitative estimate of drug-likeness (QED) is 0.131. The Balaban J connectivity index is 0.000000130. The van der Waals surface area contributed by atoms with Gasteiger partial charge in [-0.25, -0.2) is 38.4 Å². The molecule has 3 saturated heterocycles. The van der Waals surface area contributed by atoms with Gasteiger partial charge in [0, 0.05) is 114 Å². The number of rotatable bonds is 10. The summed E-state index contributed by atoms with van der Waals surface area (Å²) in [5, 5.41) is 3.68. The summed E-state index contributed by atoms with van der Waals surface area (Å²) >= 11 is 1.74. The summed E-state index contributed by atoms with van der Waals surface area (Å²) in [5.74, 6) is -0.146. The van der Waals surface area contributed by atoms with Gasteiger partial charge >= 0.3 is 0 Å². The van der Waals surface area contributed by atoms with E-state index in [0.29, 0.717) is 91.1 Å². The summed E-state index contributed by atoms with van der Waals surface area (Å²) in [4.78, 5) is 45.9. The smallest absolute Gasteiger partial charge is 0.261 e. The molecule has 13 rings (SSSR count). The van der Waals surface area contributed by atoms with E-state index in [4.69, 9.17) is 0 Å². The maximum Gasteiger partial charge on any atom is 0.261 e. The number of benzene rings is 1. The normalized spacial score (nSPS) is 24.0. The molecule has 0 radical (unpaired) electrons. The Morgan fingerprint density at radius 3 is 1.61 bits per heavy atom. The van der Waals surface area contributed by atoms with Gasteiger partial charge in [-0.3, -0.25) is 44.7 Å². The van der Waals surface area contributed by atoms with Crippen LogP contribution >= 0.6 is 11.8 Å². The maximum atomic E-state index is 13.3. The van der Waals surface area contributed by atoms with E-state index in [1.807, 2.05) is 38.1 Å². The number of piperidine rings is 1. The fraction of sp³-hybridized carbons (Fsp3) is 0.492. The van der Waals surface area contributed by atoms with E-state index >= 15 is 0 Å². The van der Waals surface area contributed by atoms with Crippen molar-refractivity contribution in [3.05, 3.63) is 149 Å². The zero-order valence-corrected chi connectivity index (χ0v) is 54.7. The fourth-order valence-electron chi connectivity index (χ4n) is 13.4. The number of pyridine rings is 4. The average molecular weight is 1300 g/mol. The first-order valence-electron chi connectivity index (χ1n) is 29.8. The first-order chi connectivity index (χ1) is 41.8. The SMILES string of the molecule is CC(=O)N[C@H]1CCN(S(=O)(=O)C2=NCc3ncccc32)C1.CC(CCNS(=O)(=O)C1=NCc2ncccc21)Sc1ccccc1.CC1(C)CC2C[C@](C)(CN2S(=O)(=O)C2=NCc3ncccc32)C1.C[C@@H]1CCC[C@H](C)N1S(=O)(=O)C1=NCc2ncccc21. The molecule has 11 heterocycles. The van der Waals surface area contributed by atoms with Crippen molar-refractivity contribution in [3.63, 3.8) is 0 Å². The van der Waals surface area contributed by atoms with Gasteiger partial charge in [0.25, 0.3) is 40.1 Å². The number of aromatic nitrogens is 4. The molecule has 0 spiro atoms. The van der Waals surface area contributed by atoms with Crippen LogP contribution in [0.15, 0.2) is 129 Å². The van der Waals surface area contributed by atoms with Crippen molar-refractivity contribution in [1.82, 2.24) is 42.9 Å². The number of carbonyl (C=O) groups excluding carboxylic acids is 1. The average Bonchev–Trinajstić information content (AvgIpc) is 1.67. The highest BCUT2D eigenvalue weighted by Crippen LogP contribution is 2.53. The number of carbonyl (C=O) groups is 1. The summed E-state index contributed by atoms with van der Waals surface area (Å²) in [6, 6.07) is 24.2. The van der Waals surface area contributed by atoms with Crippen LogP contribution in [0.25, 0.3) is 0 Å². The molecule has 1 aromatic carbocycles. The summed E-state index contributed by atoms with van der Waals surface area (Å²) in [6.45, 7) is 17.2. The molecule has 1 saturated carbocycles. The van der Waals surface area contributed by atoms with Crippen LogP contribution in [-0.2, 0) is 71.1 Å². The molecule has 2 unspecified atom stereocenters. The zero-order chi connectivity index (χ0) is 62.8. The lowest BCUT2D eigenvalue weighted by Crippen LogP contribution is -2.49. The van der Waals surface area contributed by atoms with Gasteiger partial charge in [-0.05, 0) is 130 Å². The van der Waals surface area contributed by atoms with Crippen LogP contribution in [0.5, 0.6) is 0 Å². The molecule has 1 amide bonds. The number of hydrogen-bond acceptors (Lipinski definition) is 18. The Labute approximate surface area is 522 Å². The highest BCUT2D eigenvalue weighted by atomic mass is 32.2. The van der Waals surface area contributed by atoms with E-state index in [1.54, 1.807) is 87.6 Å². The molecule has 2 N–H and O–H groups in total. The number of amides is 1. The van der Waals surface area contributed by atoms with Crippen molar-refractivity contribution in [2.75, 3.05) is 26.2 Å². The van der Waals surface area contributed by atoms with Crippen LogP contribution in [0.1, 0.15) is 145 Å². The predicted molar refractivity (Wildman–Crippen MR) is 343 cm³/mol. The summed E-state index contributed by atoms with van der Waals surface area (Å²) in [6.07, 6.45) is 13.9. The predicted octanol–water partition coefficient (Wildman–Crippen LogP) is 7.22. The minimum Gasteiger partial charge on any atom is -0.352 e. The van der Waals surface area contributed by atoms with E-state index in [2.05, 4.69) is 89.8 Å². The largest absolute Gasteiger partial charge is 0.352 e. The van der Waals surface area contributed by atoms with Gasteiger partial charge in [0.2, 0.25) is 5.91 Å². The molecule has 470 valence electrons. The van der Waals surface area contributed by atoms with E-state index < -0.39 is 40.1 Å². The lowest BCUT2D eigenvalue weighted by Gasteiger charge is -2.39. The fourth-order valence-corrected chi connectivity index (χ4v) is 21.2. The van der Waals surface area contributed by atoms with Crippen LogP contribution in [0.2, 0.25) is 0 Å². The molecule has 27 heteroatoms. The Hall–Kier alpha value is -6.04. The number of nitrogens with one attached hydrogen (secondary N) is 2. The van der Waals surface area contributed by atoms with Gasteiger partial charge in [0.15, 0.2) is 20.2 Å². The van der Waals surface area contributed by atoms with Crippen molar-refractivity contribution < 1.29 is 38.5 Å². The van der Waals surface area contributed by atoms with Crippen LogP contribution in [-0.4, -0.2) is 148 Å². The third-order valence-electron chi connectivity index (χ3n) is 16.8. The van der Waals surface area contributed by atoms with E-state index in [-0.39, 0.29) is 67.6 Å². The van der Waals surface area contributed by atoms with Gasteiger partial charge in [-0.1, -0.05) is 52.3 Å². The van der Waals surface area contributed by atoms with Crippen molar-refractivity contribution in [2.45, 2.75) is 160 Å². The van der Waals surface area contributed by atoms with Gasteiger partial charge in [-0.2, -0.15) is 12.9 Å². The van der Waals surface area contributed by atoms with Gasteiger partial charge in [0.1, 0.15) is 0 Å². The number of fused-ring (bicyclic) bond motifs is 6. The van der Waals surface area contributed by atoms with Crippen molar-refractivity contribution >= 4 is 77.9 Å². The Morgan fingerprint density at radius 2 is 1.10 bits per heavy atom. The molecule has 4 aromatic heterocycles. The van der Waals surface area contributed by atoms with Crippen molar-refractivity contribution in [2.24, 2.45) is 30.8 Å². The first kappa shape index (κ1) is 64.9. The molecular formula is C61H77N13O9S5. The summed E-state index contributed by atoms with van der Waals surface area (Å²) in [5.41, 5.74) is 5.73. The number of sulfonamides is 4. The van der Waals surface area contributed by atoms with Gasteiger partial charge in [-0.15, -0.1) is 11.8 Å². The molecular weight excluding hydrogens is 1220 g/mol. The number of hydrogen-bond donors (Lipinski definition) is 2. The Kier molecular flexibility index (Phi) is 19.5. The molecule has 22 nitrogen and oxygen atoms in total. The zero-order valence-electron chi connectivity index (χ0n) is 50.7. The standard InChI is InChI=1S/C17H19N3O2S2.C17H23N3O2S.C14H19N3O2S.C13H16N4O3S/c1-13(23-14-6-3-2-4-7-14)9-11-20-24(21,22)17-15-8-5-10-18-16(15)12-19-17;1-16(2)7-12-8-17(3,10-16)11-20(12)23(21,22)15-13-5-4-6-18-14(13)9-19-15;1-10-5-3-6-11(2)17(10)20(18,19)14-12-7-4-8-15-13(12)9-16-14;1-9(18)16-10-4-6-17(8-10)21(19,20)13-11-3-2-5-14-12(11)7-15-13/h2-8,10,13,20H,9,11-12H2,1H3;4-6,12H,7-11H2,1-3H3;4,7-8,10-11H,3,5-6,9H2,1-2H3;2-3,5,10H,4,6-8H2,1H3,(H,16,18)/t;12?,17-;10-,11+;10-/m.0.0/s1. The minimum atomic E-state index is -3.63. The lowest BCUT2D eigenvalue weighted by molar-refractivity contribution is -0.119. The second-order valence-corrected chi connectivity index (χ2v) is 33.3. The maximum absolute atomic E-state index is 13.3. The molecule has 88 heavy (non-hydrogen) atoms. The minimum absolute atomic E-state index is 0.0344. The van der Waals surface area contributed by atoms with Gasteiger partial charge in [0.05, 0.1) is 49.0 Å². The highest BCUT2D eigenvalue weighted by molar-refractivity contribution is 8.06. The Bertz CT molecular complexity index is 4030. The van der Waals surface area contributed by atoms with E-state index in [9.17, 15) is 38.5 Å². The summed E-state index contributed by atoms with van der Waals surface area (Å²) < 4.78 is 110. The van der Waals surface area contributed by atoms with Gasteiger partial charge < -0.3 is 5.32 Å². The van der Waals surface area contributed by atoms with E-state index in [0.717, 1.165) is 56.3 Å². The molecule has 8 aliphatic rings.